The first kappa shape index (κ1) is 15.0. The van der Waals surface area contributed by atoms with Gasteiger partial charge in [-0.15, -0.1) is 0 Å². The summed E-state index contributed by atoms with van der Waals surface area (Å²) < 4.78 is 0. The average molecular weight is 257 g/mol. The zero-order chi connectivity index (χ0) is 14.1. The second-order valence-corrected chi connectivity index (χ2v) is 4.57. The maximum absolute atomic E-state index is 4.09. The Morgan fingerprint density at radius 1 is 1.58 bits per heavy atom. The van der Waals surface area contributed by atoms with E-state index in [1.54, 1.807) is 6.08 Å². The van der Waals surface area contributed by atoms with Gasteiger partial charge in [0.25, 0.3) is 0 Å². The fourth-order valence-corrected chi connectivity index (χ4v) is 1.80. The number of aliphatic imine (C=N–C) groups is 1. The topological polar surface area (TPSA) is 27.6 Å². The molecule has 0 saturated carbocycles. The molecule has 0 spiro atoms. The second kappa shape index (κ2) is 8.14. The second-order valence-electron chi connectivity index (χ2n) is 4.57. The number of allylic oxidation sites excluding steroid dienone is 5. The Hall–Kier alpha value is -2.03. The molecule has 1 aliphatic rings. The van der Waals surface area contributed by atoms with E-state index in [4.69, 9.17) is 0 Å². The Morgan fingerprint density at radius 2 is 2.37 bits per heavy atom. The van der Waals surface area contributed by atoms with E-state index in [9.17, 15) is 0 Å². The molecule has 0 bridgehead atoms. The van der Waals surface area contributed by atoms with E-state index in [1.807, 2.05) is 25.3 Å². The highest BCUT2D eigenvalue weighted by atomic mass is 15.1. The average Bonchev–Trinajstić information content (AvgIpc) is 2.38. The standard InChI is InChI=1S/C16H23N3/c1-5-7-15(3)18-10-9-16(17-4)13-19-11-6-8-14(2)12-19/h5-8,11,13,18H,1,4,9-10,12H2,2-3H3/b15-7-,16-13-. The molecule has 0 saturated heterocycles. The molecule has 1 N–H and O–H groups in total. The van der Waals surface area contributed by atoms with Gasteiger partial charge in [0.15, 0.2) is 0 Å². The van der Waals surface area contributed by atoms with Crippen molar-refractivity contribution in [2.75, 3.05) is 13.1 Å². The monoisotopic (exact) mass is 257 g/mol. The van der Waals surface area contributed by atoms with E-state index in [0.29, 0.717) is 0 Å². The Bertz CT molecular complexity index is 439. The molecule has 3 heteroatoms. The van der Waals surface area contributed by atoms with E-state index in [2.05, 4.69) is 47.7 Å². The first-order valence-electron chi connectivity index (χ1n) is 6.46. The van der Waals surface area contributed by atoms with Crippen molar-refractivity contribution in [2.24, 2.45) is 4.99 Å². The maximum atomic E-state index is 4.09. The summed E-state index contributed by atoms with van der Waals surface area (Å²) in [6, 6.07) is 0. The fourth-order valence-electron chi connectivity index (χ4n) is 1.80. The number of nitrogens with one attached hydrogen (secondary N) is 1. The van der Waals surface area contributed by atoms with Crippen LogP contribution in [0.2, 0.25) is 0 Å². The highest BCUT2D eigenvalue weighted by Gasteiger charge is 2.03. The molecule has 1 rings (SSSR count). The minimum absolute atomic E-state index is 0.841. The number of rotatable bonds is 7. The molecule has 0 aliphatic carbocycles. The third-order valence-corrected chi connectivity index (χ3v) is 2.76. The van der Waals surface area contributed by atoms with E-state index >= 15 is 0 Å². The van der Waals surface area contributed by atoms with Gasteiger partial charge in [0, 0.05) is 37.6 Å². The van der Waals surface area contributed by atoms with Crippen LogP contribution in [-0.4, -0.2) is 24.7 Å². The van der Waals surface area contributed by atoms with Crippen molar-refractivity contribution in [1.29, 1.82) is 0 Å². The molecule has 1 heterocycles. The molecular weight excluding hydrogens is 234 g/mol. The summed E-state index contributed by atoms with van der Waals surface area (Å²) in [5, 5.41) is 3.31. The quantitative estimate of drug-likeness (QED) is 0.559. The molecule has 3 nitrogen and oxygen atoms in total. The predicted octanol–water partition coefficient (Wildman–Crippen LogP) is 3.37. The lowest BCUT2D eigenvalue weighted by Crippen LogP contribution is -2.17. The van der Waals surface area contributed by atoms with Gasteiger partial charge >= 0.3 is 0 Å². The summed E-state index contributed by atoms with van der Waals surface area (Å²) in [6.45, 7) is 13.2. The molecule has 0 aromatic heterocycles. The van der Waals surface area contributed by atoms with Crippen molar-refractivity contribution in [3.8, 4) is 0 Å². The van der Waals surface area contributed by atoms with Gasteiger partial charge in [-0.1, -0.05) is 24.3 Å². The van der Waals surface area contributed by atoms with Crippen molar-refractivity contribution in [3.05, 3.63) is 60.3 Å². The third-order valence-electron chi connectivity index (χ3n) is 2.76. The van der Waals surface area contributed by atoms with Crippen molar-refractivity contribution in [2.45, 2.75) is 20.3 Å². The van der Waals surface area contributed by atoms with Crippen LogP contribution in [0.5, 0.6) is 0 Å². The molecular formula is C16H23N3. The van der Waals surface area contributed by atoms with E-state index in [-0.39, 0.29) is 0 Å². The molecule has 0 aromatic rings. The predicted molar refractivity (Wildman–Crippen MR) is 83.8 cm³/mol. The molecule has 0 unspecified atom stereocenters. The van der Waals surface area contributed by atoms with Crippen molar-refractivity contribution >= 4 is 6.72 Å². The molecule has 0 fully saturated rings. The van der Waals surface area contributed by atoms with Crippen LogP contribution in [0.4, 0.5) is 0 Å². The molecule has 0 atom stereocenters. The Labute approximate surface area is 116 Å². The van der Waals surface area contributed by atoms with Crippen LogP contribution < -0.4 is 5.32 Å². The van der Waals surface area contributed by atoms with Crippen molar-refractivity contribution in [1.82, 2.24) is 10.2 Å². The van der Waals surface area contributed by atoms with Crippen LogP contribution >= 0.6 is 0 Å². The van der Waals surface area contributed by atoms with Gasteiger partial charge in [-0.25, -0.2) is 0 Å². The molecule has 1 aliphatic heterocycles. The summed E-state index contributed by atoms with van der Waals surface area (Å²) in [4.78, 5) is 6.22. The molecule has 0 amide bonds. The smallest absolute Gasteiger partial charge is 0.0575 e. The molecule has 102 valence electrons. The lowest BCUT2D eigenvalue weighted by atomic mass is 10.2. The fraction of sp³-hybridized carbons (Fsp3) is 0.312. The van der Waals surface area contributed by atoms with E-state index in [0.717, 1.165) is 30.9 Å². The van der Waals surface area contributed by atoms with Crippen molar-refractivity contribution < 1.29 is 0 Å². The molecule has 0 radical (unpaired) electrons. The van der Waals surface area contributed by atoms with Gasteiger partial charge in [-0.05, 0) is 32.7 Å². The molecule has 0 aromatic carbocycles. The van der Waals surface area contributed by atoms with Crippen LogP contribution in [0.25, 0.3) is 0 Å². The van der Waals surface area contributed by atoms with Gasteiger partial charge in [-0.2, -0.15) is 0 Å². The summed E-state index contributed by atoms with van der Waals surface area (Å²) in [7, 11) is 0. The number of nitrogens with zero attached hydrogens (tertiary/aromatic N) is 2. The Kier molecular flexibility index (Phi) is 6.44. The van der Waals surface area contributed by atoms with Gasteiger partial charge in [0.1, 0.15) is 0 Å². The van der Waals surface area contributed by atoms with E-state index in [1.165, 1.54) is 5.57 Å². The summed E-state index contributed by atoms with van der Waals surface area (Å²) >= 11 is 0. The number of hydrogen-bond donors (Lipinski definition) is 1. The normalized spacial score (nSPS) is 16.1. The SMILES string of the molecule is C=C/C=C(/C)NCC/C(=C/N1C=CC=C(C)C1)N=C. The molecule has 19 heavy (non-hydrogen) atoms. The third kappa shape index (κ3) is 5.91. The summed E-state index contributed by atoms with van der Waals surface area (Å²) in [5.74, 6) is 0. The zero-order valence-electron chi connectivity index (χ0n) is 11.9. The van der Waals surface area contributed by atoms with Gasteiger partial charge in [0.05, 0.1) is 5.70 Å². The highest BCUT2D eigenvalue weighted by Crippen LogP contribution is 2.11. The summed E-state index contributed by atoms with van der Waals surface area (Å²) in [6.07, 6.45) is 12.8. The first-order chi connectivity index (χ1) is 9.15. The highest BCUT2D eigenvalue weighted by molar-refractivity contribution is 5.29. The Morgan fingerprint density at radius 3 is 3.00 bits per heavy atom. The lowest BCUT2D eigenvalue weighted by Gasteiger charge is -2.20. The minimum atomic E-state index is 0.841. The van der Waals surface area contributed by atoms with Crippen molar-refractivity contribution in [3.63, 3.8) is 0 Å². The van der Waals surface area contributed by atoms with Crippen LogP contribution in [-0.2, 0) is 0 Å². The van der Waals surface area contributed by atoms with Gasteiger partial charge < -0.3 is 10.2 Å². The summed E-state index contributed by atoms with van der Waals surface area (Å²) in [5.41, 5.74) is 3.43. The zero-order valence-corrected chi connectivity index (χ0v) is 11.9. The van der Waals surface area contributed by atoms with Gasteiger partial charge in [0.2, 0.25) is 0 Å². The van der Waals surface area contributed by atoms with Crippen LogP contribution in [0, 0.1) is 0 Å². The lowest BCUT2D eigenvalue weighted by molar-refractivity contribution is 0.534. The maximum Gasteiger partial charge on any atom is 0.0575 e. The largest absolute Gasteiger partial charge is 0.388 e. The van der Waals surface area contributed by atoms with Crippen LogP contribution in [0.15, 0.2) is 65.2 Å². The van der Waals surface area contributed by atoms with E-state index < -0.39 is 0 Å². The number of hydrogen-bond acceptors (Lipinski definition) is 3. The first-order valence-corrected chi connectivity index (χ1v) is 6.46. The van der Waals surface area contributed by atoms with Crippen LogP contribution in [0.3, 0.4) is 0 Å². The van der Waals surface area contributed by atoms with Crippen LogP contribution in [0.1, 0.15) is 20.3 Å². The minimum Gasteiger partial charge on any atom is -0.388 e. The Balaban J connectivity index is 2.47. The van der Waals surface area contributed by atoms with Gasteiger partial charge in [-0.3, -0.25) is 4.99 Å².